The van der Waals surface area contributed by atoms with Gasteiger partial charge in [-0.2, -0.15) is 13.2 Å². The van der Waals surface area contributed by atoms with Gasteiger partial charge in [0.1, 0.15) is 0 Å². The highest BCUT2D eigenvalue weighted by Gasteiger charge is 2.30. The van der Waals surface area contributed by atoms with E-state index in [1.807, 2.05) is 0 Å². The van der Waals surface area contributed by atoms with Gasteiger partial charge in [-0.15, -0.1) is 0 Å². The van der Waals surface area contributed by atoms with Crippen molar-refractivity contribution in [3.05, 3.63) is 69.2 Å². The monoisotopic (exact) mass is 334 g/mol. The van der Waals surface area contributed by atoms with Crippen LogP contribution in [0.15, 0.2) is 42.5 Å². The van der Waals surface area contributed by atoms with Crippen LogP contribution in [0.4, 0.5) is 13.2 Å². The van der Waals surface area contributed by atoms with Crippen LogP contribution in [0.3, 0.4) is 0 Å². The fraction of sp³-hybridized carbons (Fsp3) is 0.200. The van der Waals surface area contributed by atoms with E-state index >= 15 is 0 Å². The molecule has 0 aliphatic heterocycles. The zero-order valence-electron chi connectivity index (χ0n) is 10.7. The van der Waals surface area contributed by atoms with Gasteiger partial charge in [-0.25, -0.2) is 0 Å². The lowest BCUT2D eigenvalue weighted by Gasteiger charge is -2.14. The number of halogens is 5. The quantitative estimate of drug-likeness (QED) is 0.808. The molecule has 6 heteroatoms. The Kier molecular flexibility index (Phi) is 4.81. The Hall–Kier alpha value is -1.23. The van der Waals surface area contributed by atoms with Crippen molar-refractivity contribution in [2.24, 2.45) is 0 Å². The zero-order valence-corrected chi connectivity index (χ0v) is 12.2. The van der Waals surface area contributed by atoms with Gasteiger partial charge in [0.25, 0.3) is 0 Å². The minimum Gasteiger partial charge on any atom is -0.388 e. The summed E-state index contributed by atoms with van der Waals surface area (Å²) in [6, 6.07) is 9.48. The van der Waals surface area contributed by atoms with Gasteiger partial charge in [-0.1, -0.05) is 41.4 Å². The molecule has 1 unspecified atom stereocenters. The highest BCUT2D eigenvalue weighted by molar-refractivity contribution is 6.42. The lowest BCUT2D eigenvalue weighted by molar-refractivity contribution is -0.137. The molecule has 0 saturated heterocycles. The normalized spacial score (nSPS) is 13.2. The first-order valence-electron chi connectivity index (χ1n) is 6.06. The average Bonchev–Trinajstić information content (AvgIpc) is 2.42. The minimum atomic E-state index is -4.43. The molecule has 2 aromatic carbocycles. The molecule has 112 valence electrons. The summed E-state index contributed by atoms with van der Waals surface area (Å²) in [5.74, 6) is 0. The second-order valence-corrected chi connectivity index (χ2v) is 5.41. The molecule has 1 nitrogen and oxygen atoms in total. The summed E-state index contributed by atoms with van der Waals surface area (Å²) < 4.78 is 37.9. The second kappa shape index (κ2) is 6.26. The molecule has 0 heterocycles. The number of rotatable bonds is 3. The summed E-state index contributed by atoms with van der Waals surface area (Å²) >= 11 is 11.7. The van der Waals surface area contributed by atoms with E-state index in [1.165, 1.54) is 12.1 Å². The van der Waals surface area contributed by atoms with Crippen LogP contribution in [0.5, 0.6) is 0 Å². The van der Waals surface area contributed by atoms with Gasteiger partial charge in [-0.05, 0) is 35.4 Å². The van der Waals surface area contributed by atoms with Crippen LogP contribution in [0.2, 0.25) is 10.0 Å². The Morgan fingerprint density at radius 3 is 2.33 bits per heavy atom. The predicted molar refractivity (Wildman–Crippen MR) is 76.6 cm³/mol. The van der Waals surface area contributed by atoms with E-state index in [1.54, 1.807) is 18.2 Å². The maximum Gasteiger partial charge on any atom is 0.416 e. The average molecular weight is 335 g/mol. The third-order valence-corrected chi connectivity index (χ3v) is 3.75. The van der Waals surface area contributed by atoms with E-state index in [0.29, 0.717) is 15.6 Å². The molecule has 0 aliphatic rings. The fourth-order valence-corrected chi connectivity index (χ4v) is 2.25. The third-order valence-electron chi connectivity index (χ3n) is 3.01. The van der Waals surface area contributed by atoms with Gasteiger partial charge in [0, 0.05) is 6.42 Å². The zero-order chi connectivity index (χ0) is 15.6. The van der Waals surface area contributed by atoms with Crippen LogP contribution in [0, 0.1) is 0 Å². The van der Waals surface area contributed by atoms with E-state index in [2.05, 4.69) is 0 Å². The molecule has 2 aromatic rings. The van der Waals surface area contributed by atoms with Gasteiger partial charge in [0.05, 0.1) is 21.7 Å². The first-order valence-corrected chi connectivity index (χ1v) is 6.82. The van der Waals surface area contributed by atoms with E-state index in [4.69, 9.17) is 23.2 Å². The summed E-state index contributed by atoms with van der Waals surface area (Å²) in [5, 5.41) is 10.8. The molecule has 21 heavy (non-hydrogen) atoms. The van der Waals surface area contributed by atoms with Crippen LogP contribution in [0.25, 0.3) is 0 Å². The molecule has 0 radical (unpaired) electrons. The standard InChI is InChI=1S/C15H11Cl2F3O/c16-12-5-4-9(6-13(12)17)7-14(21)10-2-1-3-11(8-10)15(18,19)20/h1-6,8,14,21H,7H2. The number of hydrogen-bond donors (Lipinski definition) is 1. The Labute approximate surface area is 129 Å². The maximum absolute atomic E-state index is 12.6. The van der Waals surface area contributed by atoms with Crippen molar-refractivity contribution in [2.75, 3.05) is 0 Å². The fourth-order valence-electron chi connectivity index (χ4n) is 1.93. The number of aliphatic hydroxyl groups is 1. The highest BCUT2D eigenvalue weighted by Crippen LogP contribution is 2.32. The summed E-state index contributed by atoms with van der Waals surface area (Å²) in [6.45, 7) is 0. The lowest BCUT2D eigenvalue weighted by Crippen LogP contribution is -2.08. The van der Waals surface area contributed by atoms with Gasteiger partial charge in [0.15, 0.2) is 0 Å². The van der Waals surface area contributed by atoms with Gasteiger partial charge in [-0.3, -0.25) is 0 Å². The molecule has 1 atom stereocenters. The predicted octanol–water partition coefficient (Wildman–Crippen LogP) is 5.29. The molecule has 0 aliphatic carbocycles. The molecular formula is C15H11Cl2F3O. The van der Waals surface area contributed by atoms with Gasteiger partial charge >= 0.3 is 6.18 Å². The van der Waals surface area contributed by atoms with Crippen molar-refractivity contribution < 1.29 is 18.3 Å². The molecule has 0 saturated carbocycles. The SMILES string of the molecule is OC(Cc1ccc(Cl)c(Cl)c1)c1cccc(C(F)(F)F)c1. The van der Waals surface area contributed by atoms with Crippen LogP contribution in [-0.4, -0.2) is 5.11 Å². The van der Waals surface area contributed by atoms with Crippen molar-refractivity contribution in [3.8, 4) is 0 Å². The van der Waals surface area contributed by atoms with E-state index in [-0.39, 0.29) is 12.0 Å². The number of benzene rings is 2. The summed E-state index contributed by atoms with van der Waals surface area (Å²) in [7, 11) is 0. The Morgan fingerprint density at radius 1 is 1.00 bits per heavy atom. The molecule has 0 fully saturated rings. The lowest BCUT2D eigenvalue weighted by atomic mass is 9.99. The highest BCUT2D eigenvalue weighted by atomic mass is 35.5. The van der Waals surface area contributed by atoms with Crippen molar-refractivity contribution in [2.45, 2.75) is 18.7 Å². The maximum atomic E-state index is 12.6. The van der Waals surface area contributed by atoms with Crippen LogP contribution in [0.1, 0.15) is 22.8 Å². The van der Waals surface area contributed by atoms with Gasteiger partial charge in [0.2, 0.25) is 0 Å². The van der Waals surface area contributed by atoms with E-state index in [9.17, 15) is 18.3 Å². The first kappa shape index (κ1) is 16.1. The van der Waals surface area contributed by atoms with E-state index < -0.39 is 17.8 Å². The molecule has 0 bridgehead atoms. The van der Waals surface area contributed by atoms with Crippen LogP contribution in [-0.2, 0) is 12.6 Å². The molecule has 1 N–H and O–H groups in total. The Balaban J connectivity index is 2.20. The van der Waals surface area contributed by atoms with Crippen molar-refractivity contribution in [1.29, 1.82) is 0 Å². The molecule has 0 amide bonds. The Bertz CT molecular complexity index is 641. The van der Waals surface area contributed by atoms with Gasteiger partial charge < -0.3 is 5.11 Å². The Morgan fingerprint density at radius 2 is 1.71 bits per heavy atom. The molecule has 0 spiro atoms. The van der Waals surface area contributed by atoms with Crippen molar-refractivity contribution in [1.82, 2.24) is 0 Å². The smallest absolute Gasteiger partial charge is 0.388 e. The number of hydrogen-bond acceptors (Lipinski definition) is 1. The molecule has 2 rings (SSSR count). The van der Waals surface area contributed by atoms with Crippen molar-refractivity contribution in [3.63, 3.8) is 0 Å². The summed E-state index contributed by atoms with van der Waals surface area (Å²) in [6.07, 6.45) is -5.33. The number of alkyl halides is 3. The summed E-state index contributed by atoms with van der Waals surface area (Å²) in [4.78, 5) is 0. The largest absolute Gasteiger partial charge is 0.416 e. The van der Waals surface area contributed by atoms with Crippen LogP contribution < -0.4 is 0 Å². The summed E-state index contributed by atoms with van der Waals surface area (Å²) in [5.41, 5.74) is 0.110. The van der Waals surface area contributed by atoms with Crippen LogP contribution >= 0.6 is 23.2 Å². The van der Waals surface area contributed by atoms with E-state index in [0.717, 1.165) is 12.1 Å². The second-order valence-electron chi connectivity index (χ2n) is 4.59. The third kappa shape index (κ3) is 4.13. The van der Waals surface area contributed by atoms with Crippen molar-refractivity contribution >= 4 is 23.2 Å². The topological polar surface area (TPSA) is 20.2 Å². The molecule has 0 aromatic heterocycles. The number of aliphatic hydroxyl groups excluding tert-OH is 1. The molecular weight excluding hydrogens is 324 g/mol. The minimum absolute atomic E-state index is 0.151. The first-order chi connectivity index (χ1) is 9.77.